The summed E-state index contributed by atoms with van der Waals surface area (Å²) in [6.07, 6.45) is -3.32. The van der Waals surface area contributed by atoms with Crippen LogP contribution in [0.2, 0.25) is 0 Å². The van der Waals surface area contributed by atoms with E-state index in [1.54, 1.807) is 0 Å². The van der Waals surface area contributed by atoms with Crippen LogP contribution in [0.4, 0.5) is 8.78 Å². The fraction of sp³-hybridized carbons (Fsp3) is 0.857. The first-order valence-corrected chi connectivity index (χ1v) is 3.84. The SMILES string of the molecule is CO[C@H]1COC[C@@H]1NC(=O)C(F)F. The number of carbonyl (C=O) groups excluding carboxylic acids is 1. The molecule has 1 fully saturated rings. The van der Waals surface area contributed by atoms with Crippen molar-refractivity contribution >= 4 is 5.91 Å². The van der Waals surface area contributed by atoms with E-state index in [-0.39, 0.29) is 12.7 Å². The van der Waals surface area contributed by atoms with E-state index < -0.39 is 18.4 Å². The molecule has 0 aromatic heterocycles. The Balaban J connectivity index is 2.39. The van der Waals surface area contributed by atoms with Crippen molar-refractivity contribution in [2.75, 3.05) is 20.3 Å². The summed E-state index contributed by atoms with van der Waals surface area (Å²) in [6.45, 7) is 0.543. The molecule has 0 aromatic rings. The number of carbonyl (C=O) groups is 1. The van der Waals surface area contributed by atoms with Gasteiger partial charge in [0.25, 0.3) is 5.91 Å². The topological polar surface area (TPSA) is 47.6 Å². The lowest BCUT2D eigenvalue weighted by Gasteiger charge is -2.16. The Hall–Kier alpha value is -0.750. The molecular formula is C7H11F2NO3. The Morgan fingerprint density at radius 2 is 2.31 bits per heavy atom. The van der Waals surface area contributed by atoms with Crippen LogP contribution >= 0.6 is 0 Å². The first kappa shape index (κ1) is 10.3. The smallest absolute Gasteiger partial charge is 0.315 e. The Bertz CT molecular complexity index is 189. The van der Waals surface area contributed by atoms with Crippen LogP contribution in [0.15, 0.2) is 0 Å². The van der Waals surface area contributed by atoms with Gasteiger partial charge < -0.3 is 14.8 Å². The van der Waals surface area contributed by atoms with Gasteiger partial charge in [-0.15, -0.1) is 0 Å². The molecule has 1 aliphatic rings. The summed E-state index contributed by atoms with van der Waals surface area (Å²) in [5, 5.41) is 2.14. The fourth-order valence-corrected chi connectivity index (χ4v) is 1.15. The molecule has 4 nitrogen and oxygen atoms in total. The number of hydrogen-bond acceptors (Lipinski definition) is 3. The van der Waals surface area contributed by atoms with Crippen LogP contribution in [0, 0.1) is 0 Å². The first-order valence-electron chi connectivity index (χ1n) is 3.84. The highest BCUT2D eigenvalue weighted by atomic mass is 19.3. The van der Waals surface area contributed by atoms with Crippen molar-refractivity contribution in [3.05, 3.63) is 0 Å². The molecule has 1 rings (SSSR count). The van der Waals surface area contributed by atoms with Crippen LogP contribution in [-0.4, -0.2) is 44.8 Å². The van der Waals surface area contributed by atoms with Gasteiger partial charge in [-0.2, -0.15) is 8.78 Å². The molecule has 76 valence electrons. The minimum atomic E-state index is -2.99. The summed E-state index contributed by atoms with van der Waals surface area (Å²) >= 11 is 0. The zero-order valence-electron chi connectivity index (χ0n) is 7.13. The number of halogens is 2. The van der Waals surface area contributed by atoms with Gasteiger partial charge in [0.2, 0.25) is 0 Å². The molecule has 1 amide bonds. The number of amides is 1. The molecule has 1 heterocycles. The van der Waals surface area contributed by atoms with Crippen molar-refractivity contribution in [3.63, 3.8) is 0 Å². The van der Waals surface area contributed by atoms with Gasteiger partial charge in [0.05, 0.1) is 19.3 Å². The summed E-state index contributed by atoms with van der Waals surface area (Å²) < 4.78 is 33.5. The van der Waals surface area contributed by atoms with Gasteiger partial charge in [-0.25, -0.2) is 0 Å². The molecule has 1 saturated heterocycles. The minimum Gasteiger partial charge on any atom is -0.377 e. The lowest BCUT2D eigenvalue weighted by atomic mass is 10.2. The zero-order chi connectivity index (χ0) is 9.84. The van der Waals surface area contributed by atoms with E-state index in [2.05, 4.69) is 5.32 Å². The molecule has 1 aliphatic heterocycles. The van der Waals surface area contributed by atoms with Gasteiger partial charge in [0.15, 0.2) is 0 Å². The molecule has 0 spiro atoms. The van der Waals surface area contributed by atoms with Crippen LogP contribution in [0.5, 0.6) is 0 Å². The van der Waals surface area contributed by atoms with Crippen molar-refractivity contribution in [2.45, 2.75) is 18.6 Å². The Morgan fingerprint density at radius 1 is 1.62 bits per heavy atom. The molecule has 0 unspecified atom stereocenters. The number of rotatable bonds is 3. The standard InChI is InChI=1S/C7H11F2NO3/c1-12-5-3-13-2-4(5)10-7(11)6(8)9/h4-6H,2-3H2,1H3,(H,10,11)/t4-,5-/m0/s1. The number of hydrogen-bond donors (Lipinski definition) is 1. The zero-order valence-corrected chi connectivity index (χ0v) is 7.13. The minimum absolute atomic E-state index is 0.219. The lowest BCUT2D eigenvalue weighted by Crippen LogP contribution is -2.45. The van der Waals surface area contributed by atoms with Crippen molar-refractivity contribution in [3.8, 4) is 0 Å². The number of nitrogens with one attached hydrogen (secondary N) is 1. The van der Waals surface area contributed by atoms with E-state index in [4.69, 9.17) is 9.47 Å². The molecule has 0 saturated carbocycles. The van der Waals surface area contributed by atoms with E-state index in [0.29, 0.717) is 6.61 Å². The maximum absolute atomic E-state index is 11.8. The van der Waals surface area contributed by atoms with E-state index in [1.165, 1.54) is 7.11 Å². The molecule has 2 atom stereocenters. The highest BCUT2D eigenvalue weighted by molar-refractivity contribution is 5.79. The molecule has 0 bridgehead atoms. The normalized spacial score (nSPS) is 28.0. The van der Waals surface area contributed by atoms with Crippen molar-refractivity contribution in [2.24, 2.45) is 0 Å². The summed E-state index contributed by atoms with van der Waals surface area (Å²) in [7, 11) is 1.45. The Morgan fingerprint density at radius 3 is 2.85 bits per heavy atom. The molecule has 1 N–H and O–H groups in total. The van der Waals surface area contributed by atoms with Gasteiger partial charge in [0, 0.05) is 7.11 Å². The fourth-order valence-electron chi connectivity index (χ4n) is 1.15. The quantitative estimate of drug-likeness (QED) is 0.677. The molecule has 0 radical (unpaired) electrons. The largest absolute Gasteiger partial charge is 0.377 e. The van der Waals surface area contributed by atoms with Crippen molar-refractivity contribution in [1.82, 2.24) is 5.32 Å². The second kappa shape index (κ2) is 4.48. The van der Waals surface area contributed by atoms with E-state index >= 15 is 0 Å². The molecule has 6 heteroatoms. The van der Waals surface area contributed by atoms with Gasteiger partial charge >= 0.3 is 6.43 Å². The highest BCUT2D eigenvalue weighted by Gasteiger charge is 2.31. The third-order valence-electron chi connectivity index (χ3n) is 1.86. The van der Waals surface area contributed by atoms with Crippen LogP contribution in [0.25, 0.3) is 0 Å². The van der Waals surface area contributed by atoms with Crippen molar-refractivity contribution in [1.29, 1.82) is 0 Å². The average Bonchev–Trinajstić information content (AvgIpc) is 2.51. The van der Waals surface area contributed by atoms with E-state index in [0.717, 1.165) is 0 Å². The lowest BCUT2D eigenvalue weighted by molar-refractivity contribution is -0.133. The summed E-state index contributed by atoms with van der Waals surface area (Å²) in [5.41, 5.74) is 0. The summed E-state index contributed by atoms with van der Waals surface area (Å²) in [6, 6.07) is -0.466. The third kappa shape index (κ3) is 2.60. The molecule has 0 aliphatic carbocycles. The van der Waals surface area contributed by atoms with Gasteiger partial charge in [-0.1, -0.05) is 0 Å². The van der Waals surface area contributed by atoms with Gasteiger partial charge in [0.1, 0.15) is 6.10 Å². The van der Waals surface area contributed by atoms with Crippen LogP contribution < -0.4 is 5.32 Å². The Kier molecular flexibility index (Phi) is 3.56. The maximum atomic E-state index is 11.8. The maximum Gasteiger partial charge on any atom is 0.315 e. The van der Waals surface area contributed by atoms with Crippen LogP contribution in [-0.2, 0) is 14.3 Å². The number of alkyl halides is 2. The number of methoxy groups -OCH3 is 1. The van der Waals surface area contributed by atoms with Gasteiger partial charge in [-0.05, 0) is 0 Å². The Labute approximate surface area is 74.2 Å². The molecule has 0 aromatic carbocycles. The average molecular weight is 195 g/mol. The van der Waals surface area contributed by atoms with Gasteiger partial charge in [-0.3, -0.25) is 4.79 Å². The molecule has 13 heavy (non-hydrogen) atoms. The van der Waals surface area contributed by atoms with Crippen molar-refractivity contribution < 1.29 is 23.0 Å². The van der Waals surface area contributed by atoms with E-state index in [1.807, 2.05) is 0 Å². The number of ether oxygens (including phenoxy) is 2. The predicted octanol–water partition coefficient (Wildman–Crippen LogP) is -0.219. The summed E-state index contributed by atoms with van der Waals surface area (Å²) in [4.78, 5) is 10.6. The second-order valence-electron chi connectivity index (χ2n) is 2.73. The van der Waals surface area contributed by atoms with Crippen LogP contribution in [0.1, 0.15) is 0 Å². The second-order valence-corrected chi connectivity index (χ2v) is 2.73. The monoisotopic (exact) mass is 195 g/mol. The first-order chi connectivity index (χ1) is 6.15. The predicted molar refractivity (Wildman–Crippen MR) is 39.6 cm³/mol. The van der Waals surface area contributed by atoms with E-state index in [9.17, 15) is 13.6 Å². The summed E-state index contributed by atoms with van der Waals surface area (Å²) in [5.74, 6) is -1.28. The third-order valence-corrected chi connectivity index (χ3v) is 1.86. The van der Waals surface area contributed by atoms with Crippen LogP contribution in [0.3, 0.4) is 0 Å². The highest BCUT2D eigenvalue weighted by Crippen LogP contribution is 2.09. The molecular weight excluding hydrogens is 184 g/mol.